The summed E-state index contributed by atoms with van der Waals surface area (Å²) in [6, 6.07) is 4.64. The maximum atomic E-state index is 5.66. The zero-order chi connectivity index (χ0) is 15.4. The molecule has 1 aliphatic heterocycles. The van der Waals surface area contributed by atoms with Gasteiger partial charge in [0.1, 0.15) is 13.2 Å². The Kier molecular flexibility index (Phi) is 5.08. The van der Waals surface area contributed by atoms with Crippen molar-refractivity contribution >= 4 is 21.9 Å². The molecule has 1 aromatic carbocycles. The van der Waals surface area contributed by atoms with Gasteiger partial charge in [-0.2, -0.15) is 0 Å². The summed E-state index contributed by atoms with van der Waals surface area (Å²) < 4.78 is 12.2. The summed E-state index contributed by atoms with van der Waals surface area (Å²) >= 11 is 3.55. The van der Waals surface area contributed by atoms with Crippen LogP contribution < -0.4 is 20.1 Å². The Morgan fingerprint density at radius 1 is 1.27 bits per heavy atom. The van der Waals surface area contributed by atoms with Gasteiger partial charge in [0.05, 0.1) is 4.47 Å². The Hall–Kier alpha value is -1.43. The van der Waals surface area contributed by atoms with Gasteiger partial charge in [0.25, 0.3) is 0 Å². The number of hydrogen-bond acceptors (Lipinski definition) is 3. The summed E-state index contributed by atoms with van der Waals surface area (Å²) in [5.74, 6) is 2.46. The molecule has 1 aromatic rings. The number of benzene rings is 1. The Bertz CT molecular complexity index is 557. The third-order valence-corrected chi connectivity index (χ3v) is 4.63. The molecule has 0 spiro atoms. The van der Waals surface area contributed by atoms with E-state index in [1.807, 2.05) is 13.1 Å². The monoisotopic (exact) mass is 367 g/mol. The van der Waals surface area contributed by atoms with Crippen molar-refractivity contribution in [2.45, 2.75) is 38.3 Å². The topological polar surface area (TPSA) is 54.9 Å². The van der Waals surface area contributed by atoms with E-state index in [1.165, 1.54) is 25.7 Å². The van der Waals surface area contributed by atoms with E-state index in [9.17, 15) is 0 Å². The number of rotatable bonds is 3. The molecule has 5 nitrogen and oxygen atoms in total. The molecule has 6 heteroatoms. The third-order valence-electron chi connectivity index (χ3n) is 4.04. The number of nitrogens with zero attached hydrogens (tertiary/aromatic N) is 1. The van der Waals surface area contributed by atoms with Crippen molar-refractivity contribution in [3.8, 4) is 11.5 Å². The Balaban J connectivity index is 1.61. The molecule has 0 unspecified atom stereocenters. The number of nitrogens with one attached hydrogen (secondary N) is 2. The largest absolute Gasteiger partial charge is 0.486 e. The highest BCUT2D eigenvalue weighted by molar-refractivity contribution is 9.10. The van der Waals surface area contributed by atoms with E-state index < -0.39 is 0 Å². The lowest BCUT2D eigenvalue weighted by Crippen LogP contribution is -2.41. The zero-order valence-corrected chi connectivity index (χ0v) is 14.4. The van der Waals surface area contributed by atoms with Crippen molar-refractivity contribution in [1.82, 2.24) is 10.6 Å². The fourth-order valence-electron chi connectivity index (χ4n) is 2.91. The Labute approximate surface area is 139 Å². The van der Waals surface area contributed by atoms with Crippen LogP contribution in [0.15, 0.2) is 21.6 Å². The zero-order valence-electron chi connectivity index (χ0n) is 12.8. The molecular formula is C16H22BrN3O2. The molecule has 0 bridgehead atoms. The lowest BCUT2D eigenvalue weighted by Gasteiger charge is -2.21. The molecule has 0 atom stereocenters. The van der Waals surface area contributed by atoms with Crippen LogP contribution in [-0.4, -0.2) is 32.3 Å². The summed E-state index contributed by atoms with van der Waals surface area (Å²) in [4.78, 5) is 4.30. The minimum atomic E-state index is 0.554. The minimum absolute atomic E-state index is 0.554. The van der Waals surface area contributed by atoms with Crippen LogP contribution in [0.4, 0.5) is 0 Å². The lowest BCUT2D eigenvalue weighted by molar-refractivity contribution is 0.170. The van der Waals surface area contributed by atoms with Crippen molar-refractivity contribution in [3.05, 3.63) is 22.2 Å². The number of guanidine groups is 1. The second-order valence-electron chi connectivity index (χ2n) is 5.65. The highest BCUT2D eigenvalue weighted by Crippen LogP contribution is 2.38. The van der Waals surface area contributed by atoms with Crippen LogP contribution in [0.1, 0.15) is 31.2 Å². The minimum Gasteiger partial charge on any atom is -0.486 e. The summed E-state index contributed by atoms with van der Waals surface area (Å²) in [6.45, 7) is 1.89. The molecule has 0 radical (unpaired) electrons. The molecule has 1 fully saturated rings. The van der Waals surface area contributed by atoms with Gasteiger partial charge in [-0.15, -0.1) is 0 Å². The van der Waals surface area contributed by atoms with E-state index in [-0.39, 0.29) is 0 Å². The number of aliphatic imine (C=N–C) groups is 1. The molecule has 22 heavy (non-hydrogen) atoms. The third kappa shape index (κ3) is 3.66. The first kappa shape index (κ1) is 15.5. The van der Waals surface area contributed by atoms with Gasteiger partial charge in [0.2, 0.25) is 0 Å². The van der Waals surface area contributed by atoms with Crippen molar-refractivity contribution < 1.29 is 9.47 Å². The average Bonchev–Trinajstić information content (AvgIpc) is 3.04. The predicted molar refractivity (Wildman–Crippen MR) is 90.7 cm³/mol. The van der Waals surface area contributed by atoms with E-state index in [0.29, 0.717) is 25.8 Å². The number of fused-ring (bicyclic) bond motifs is 1. The van der Waals surface area contributed by atoms with Gasteiger partial charge in [0.15, 0.2) is 17.5 Å². The average molecular weight is 368 g/mol. The van der Waals surface area contributed by atoms with Gasteiger partial charge in [-0.05, 0) is 46.5 Å². The van der Waals surface area contributed by atoms with Gasteiger partial charge >= 0.3 is 0 Å². The molecule has 0 aromatic heterocycles. The molecular weight excluding hydrogens is 346 g/mol. The van der Waals surface area contributed by atoms with Crippen LogP contribution in [0.3, 0.4) is 0 Å². The highest BCUT2D eigenvalue weighted by atomic mass is 79.9. The van der Waals surface area contributed by atoms with E-state index in [0.717, 1.165) is 27.5 Å². The molecule has 2 aliphatic rings. The molecule has 2 N–H and O–H groups in total. The van der Waals surface area contributed by atoms with E-state index in [4.69, 9.17) is 9.47 Å². The van der Waals surface area contributed by atoms with Crippen LogP contribution >= 0.6 is 15.9 Å². The van der Waals surface area contributed by atoms with Gasteiger partial charge in [-0.25, -0.2) is 0 Å². The fourth-order valence-corrected chi connectivity index (χ4v) is 3.51. The summed E-state index contributed by atoms with van der Waals surface area (Å²) in [6.07, 6.45) is 5.08. The number of hydrogen-bond donors (Lipinski definition) is 2. The smallest absolute Gasteiger partial charge is 0.191 e. The molecule has 120 valence electrons. The van der Waals surface area contributed by atoms with Gasteiger partial charge in [0, 0.05) is 19.6 Å². The first-order valence-electron chi connectivity index (χ1n) is 7.81. The number of ether oxygens (including phenoxy) is 2. The van der Waals surface area contributed by atoms with Crippen molar-refractivity contribution in [1.29, 1.82) is 0 Å². The molecule has 1 saturated carbocycles. The first-order valence-corrected chi connectivity index (χ1v) is 8.61. The predicted octanol–water partition coefficient (Wildman–Crippen LogP) is 2.83. The normalized spacial score (nSPS) is 18.4. The molecule has 1 aliphatic carbocycles. The second kappa shape index (κ2) is 7.22. The SMILES string of the molecule is CN=C(NCc1cc(Br)c2c(c1)OCCO2)NC1CCCC1. The van der Waals surface area contributed by atoms with Gasteiger partial charge in [-0.3, -0.25) is 4.99 Å². The van der Waals surface area contributed by atoms with Crippen molar-refractivity contribution in [2.24, 2.45) is 4.99 Å². The molecule has 0 saturated heterocycles. The van der Waals surface area contributed by atoms with Gasteiger partial charge in [-0.1, -0.05) is 12.8 Å². The second-order valence-corrected chi connectivity index (χ2v) is 6.51. The standard InChI is InChI=1S/C16H22BrN3O2/c1-18-16(20-12-4-2-3-5-12)19-10-11-8-13(17)15-14(9-11)21-6-7-22-15/h8-9,12H,2-7,10H2,1H3,(H2,18,19,20). The van der Waals surface area contributed by atoms with Crippen LogP contribution in [0.5, 0.6) is 11.5 Å². The van der Waals surface area contributed by atoms with Crippen LogP contribution in [0.2, 0.25) is 0 Å². The van der Waals surface area contributed by atoms with Crippen LogP contribution in [-0.2, 0) is 6.54 Å². The van der Waals surface area contributed by atoms with Crippen LogP contribution in [0, 0.1) is 0 Å². The van der Waals surface area contributed by atoms with E-state index in [1.54, 1.807) is 0 Å². The first-order chi connectivity index (χ1) is 10.8. The van der Waals surface area contributed by atoms with Crippen molar-refractivity contribution in [3.63, 3.8) is 0 Å². The summed E-state index contributed by atoms with van der Waals surface area (Å²) in [7, 11) is 1.81. The molecule has 1 heterocycles. The maximum Gasteiger partial charge on any atom is 0.191 e. The fraction of sp³-hybridized carbons (Fsp3) is 0.562. The quantitative estimate of drug-likeness (QED) is 0.637. The number of halogens is 1. The molecule has 0 amide bonds. The Morgan fingerprint density at radius 2 is 2.05 bits per heavy atom. The summed E-state index contributed by atoms with van der Waals surface area (Å²) in [5, 5.41) is 6.85. The lowest BCUT2D eigenvalue weighted by atomic mass is 10.2. The van der Waals surface area contributed by atoms with Gasteiger partial charge < -0.3 is 20.1 Å². The summed E-state index contributed by atoms with van der Waals surface area (Å²) in [5.41, 5.74) is 1.13. The highest BCUT2D eigenvalue weighted by Gasteiger charge is 2.18. The maximum absolute atomic E-state index is 5.66. The molecule has 3 rings (SSSR count). The van der Waals surface area contributed by atoms with E-state index in [2.05, 4.69) is 37.6 Å². The van der Waals surface area contributed by atoms with E-state index >= 15 is 0 Å². The van der Waals surface area contributed by atoms with Crippen LogP contribution in [0.25, 0.3) is 0 Å². The van der Waals surface area contributed by atoms with Crippen molar-refractivity contribution in [2.75, 3.05) is 20.3 Å². The Morgan fingerprint density at radius 3 is 2.82 bits per heavy atom.